The van der Waals surface area contributed by atoms with Gasteiger partial charge in [-0.05, 0) is 27.7 Å². The molecule has 0 fully saturated rings. The first-order valence-corrected chi connectivity index (χ1v) is 7.65. The minimum Gasteiger partial charge on any atom is -0.228 e. The zero-order valence-electron chi connectivity index (χ0n) is 11.3. The van der Waals surface area contributed by atoms with E-state index in [2.05, 4.69) is 13.2 Å². The van der Waals surface area contributed by atoms with Crippen molar-refractivity contribution in [2.24, 2.45) is 0 Å². The largest absolute Gasteiger partial charge is 0.335 e. The van der Waals surface area contributed by atoms with E-state index in [9.17, 15) is 8.42 Å². The average molecular weight is 292 g/mol. The van der Waals surface area contributed by atoms with Crippen LogP contribution in [0.1, 0.15) is 27.7 Å². The molecule has 4 nitrogen and oxygen atoms in total. The Balaban J connectivity index is 0. The fourth-order valence-corrected chi connectivity index (χ4v) is 2.87. The van der Waals surface area contributed by atoms with Gasteiger partial charge in [0.1, 0.15) is 0 Å². The molecule has 6 heteroatoms. The maximum Gasteiger partial charge on any atom is 0.335 e. The molecule has 1 aliphatic heterocycles. The second-order valence-corrected chi connectivity index (χ2v) is 6.42. The summed E-state index contributed by atoms with van der Waals surface area (Å²) in [5, 5.41) is 0. The Bertz CT molecular complexity index is 446. The standard InChI is InChI=1S/C6H10O2S.C6H10.O2S/c1-5-3-9(7,8)4-6(5)2;1-5(2)6(3)4;1-3-2/h3-4H2,1-2H3;1,3H2,2,4H3;. The summed E-state index contributed by atoms with van der Waals surface area (Å²) < 4.78 is 38.2. The molecule has 0 aromatic rings. The zero-order chi connectivity index (χ0) is 14.9. The van der Waals surface area contributed by atoms with Crippen LogP contribution < -0.4 is 0 Å². The summed E-state index contributed by atoms with van der Waals surface area (Å²) in [7, 11) is -2.72. The van der Waals surface area contributed by atoms with Crippen molar-refractivity contribution in [3.63, 3.8) is 0 Å². The Morgan fingerprint density at radius 1 is 1.00 bits per heavy atom. The molecule has 0 bridgehead atoms. The van der Waals surface area contributed by atoms with E-state index in [1.807, 2.05) is 27.7 Å². The molecule has 0 saturated carbocycles. The van der Waals surface area contributed by atoms with Gasteiger partial charge in [-0.25, -0.2) is 8.42 Å². The van der Waals surface area contributed by atoms with Gasteiger partial charge in [0.05, 0.1) is 11.5 Å². The van der Waals surface area contributed by atoms with E-state index in [0.29, 0.717) is 0 Å². The second kappa shape index (κ2) is 8.99. The van der Waals surface area contributed by atoms with Crippen LogP contribution in [-0.4, -0.2) is 28.3 Å². The molecule has 104 valence electrons. The summed E-state index contributed by atoms with van der Waals surface area (Å²) >= 11 is -0.750. The Morgan fingerprint density at radius 3 is 1.28 bits per heavy atom. The highest BCUT2D eigenvalue weighted by Gasteiger charge is 2.21. The highest BCUT2D eigenvalue weighted by molar-refractivity contribution is 7.92. The van der Waals surface area contributed by atoms with Gasteiger partial charge < -0.3 is 0 Å². The van der Waals surface area contributed by atoms with Crippen LogP contribution in [0.25, 0.3) is 0 Å². The molecular formula is C12H20O4S2. The third-order valence-corrected chi connectivity index (χ3v) is 4.08. The minimum atomic E-state index is -2.72. The van der Waals surface area contributed by atoms with Crippen LogP contribution >= 0.6 is 0 Å². The van der Waals surface area contributed by atoms with Gasteiger partial charge in [-0.2, -0.15) is 8.42 Å². The van der Waals surface area contributed by atoms with Gasteiger partial charge in [0.15, 0.2) is 9.84 Å². The van der Waals surface area contributed by atoms with Gasteiger partial charge in [-0.15, -0.1) is 0 Å². The van der Waals surface area contributed by atoms with Crippen molar-refractivity contribution in [3.05, 3.63) is 35.5 Å². The molecule has 1 aliphatic rings. The topological polar surface area (TPSA) is 68.3 Å². The summed E-state index contributed by atoms with van der Waals surface area (Å²) in [6.45, 7) is 15.0. The van der Waals surface area contributed by atoms with Crippen molar-refractivity contribution in [1.29, 1.82) is 0 Å². The molecular weight excluding hydrogens is 272 g/mol. The van der Waals surface area contributed by atoms with E-state index in [-0.39, 0.29) is 11.5 Å². The highest BCUT2D eigenvalue weighted by Crippen LogP contribution is 2.17. The van der Waals surface area contributed by atoms with E-state index in [1.54, 1.807) is 0 Å². The lowest BCUT2D eigenvalue weighted by atomic mass is 10.2. The normalized spacial score (nSPS) is 15.8. The van der Waals surface area contributed by atoms with E-state index in [4.69, 9.17) is 8.42 Å². The maximum absolute atomic E-state index is 10.8. The number of hydrogen-bond donors (Lipinski definition) is 0. The summed E-state index contributed by atoms with van der Waals surface area (Å²) in [5.74, 6) is 0.553. The van der Waals surface area contributed by atoms with E-state index in [0.717, 1.165) is 22.3 Å². The fraction of sp³-hybridized carbons (Fsp3) is 0.500. The summed E-state index contributed by atoms with van der Waals surface area (Å²) in [6.07, 6.45) is 0. The van der Waals surface area contributed by atoms with Gasteiger partial charge in [0, 0.05) is 0 Å². The van der Waals surface area contributed by atoms with Crippen molar-refractivity contribution in [3.8, 4) is 0 Å². The Kier molecular flexibility index (Phi) is 9.66. The first kappa shape index (κ1) is 19.3. The predicted molar refractivity (Wildman–Crippen MR) is 75.6 cm³/mol. The summed E-state index contributed by atoms with van der Waals surface area (Å²) in [6, 6.07) is 0. The third kappa shape index (κ3) is 10.2. The first-order chi connectivity index (χ1) is 8.07. The van der Waals surface area contributed by atoms with Gasteiger partial charge in [0.25, 0.3) is 0 Å². The van der Waals surface area contributed by atoms with Crippen LogP contribution in [-0.2, 0) is 21.4 Å². The molecule has 0 radical (unpaired) electrons. The molecule has 0 unspecified atom stereocenters. The molecule has 0 aromatic carbocycles. The average Bonchev–Trinajstić information content (AvgIpc) is 2.40. The van der Waals surface area contributed by atoms with Crippen molar-refractivity contribution >= 4 is 21.4 Å². The smallest absolute Gasteiger partial charge is 0.228 e. The predicted octanol–water partition coefficient (Wildman–Crippen LogP) is 2.22. The lowest BCUT2D eigenvalue weighted by Gasteiger charge is -1.88. The second-order valence-electron chi connectivity index (χ2n) is 4.22. The van der Waals surface area contributed by atoms with Gasteiger partial charge in [-0.1, -0.05) is 35.5 Å². The number of sulfone groups is 1. The van der Waals surface area contributed by atoms with E-state index in [1.165, 1.54) is 0 Å². The highest BCUT2D eigenvalue weighted by atomic mass is 32.2. The lowest BCUT2D eigenvalue weighted by Crippen LogP contribution is -2.02. The number of allylic oxidation sites excluding steroid dienone is 2. The van der Waals surface area contributed by atoms with Crippen LogP contribution in [0.3, 0.4) is 0 Å². The molecule has 18 heavy (non-hydrogen) atoms. The van der Waals surface area contributed by atoms with Crippen LogP contribution in [0.15, 0.2) is 35.5 Å². The fourth-order valence-electron chi connectivity index (χ4n) is 0.957. The van der Waals surface area contributed by atoms with Crippen molar-refractivity contribution in [2.75, 3.05) is 11.5 Å². The van der Waals surface area contributed by atoms with Gasteiger partial charge >= 0.3 is 11.6 Å². The third-order valence-electron chi connectivity index (χ3n) is 2.33. The van der Waals surface area contributed by atoms with Crippen molar-refractivity contribution < 1.29 is 16.8 Å². The number of hydrogen-bond acceptors (Lipinski definition) is 4. The molecule has 1 rings (SSSR count). The first-order valence-electron chi connectivity index (χ1n) is 5.16. The lowest BCUT2D eigenvalue weighted by molar-refractivity contribution is 0.602. The minimum absolute atomic E-state index is 0.277. The molecule has 0 amide bonds. The number of rotatable bonds is 1. The quantitative estimate of drug-likeness (QED) is 0.549. The summed E-state index contributed by atoms with van der Waals surface area (Å²) in [4.78, 5) is 0. The van der Waals surface area contributed by atoms with Gasteiger partial charge in [-0.3, -0.25) is 0 Å². The van der Waals surface area contributed by atoms with Gasteiger partial charge in [0.2, 0.25) is 0 Å². The van der Waals surface area contributed by atoms with Crippen LogP contribution in [0.2, 0.25) is 0 Å². The molecule has 0 atom stereocenters. The molecule has 0 spiro atoms. The van der Waals surface area contributed by atoms with Crippen LogP contribution in [0.4, 0.5) is 0 Å². The molecule has 0 saturated heterocycles. The SMILES string of the molecule is C=C(C)C(=C)C.CC1=C(C)CS(=O)(=O)C1.O=S=O. The summed E-state index contributed by atoms with van der Waals surface area (Å²) in [5.41, 5.74) is 4.18. The van der Waals surface area contributed by atoms with E-state index >= 15 is 0 Å². The molecule has 0 aliphatic carbocycles. The monoisotopic (exact) mass is 292 g/mol. The van der Waals surface area contributed by atoms with E-state index < -0.39 is 21.4 Å². The van der Waals surface area contributed by atoms with Crippen molar-refractivity contribution in [1.82, 2.24) is 0 Å². The van der Waals surface area contributed by atoms with Crippen LogP contribution in [0.5, 0.6) is 0 Å². The Hall–Kier alpha value is -1.01. The molecule has 0 N–H and O–H groups in total. The molecule has 0 aromatic heterocycles. The van der Waals surface area contributed by atoms with Crippen LogP contribution in [0, 0.1) is 0 Å². The Labute approximate surface area is 113 Å². The van der Waals surface area contributed by atoms with Crippen molar-refractivity contribution in [2.45, 2.75) is 27.7 Å². The zero-order valence-corrected chi connectivity index (χ0v) is 12.9. The molecule has 1 heterocycles. The Morgan fingerprint density at radius 2 is 1.22 bits per heavy atom. The maximum atomic E-state index is 10.8.